The van der Waals surface area contributed by atoms with Gasteiger partial charge in [-0.15, -0.1) is 0 Å². The number of aromatic nitrogens is 2. The van der Waals surface area contributed by atoms with Crippen molar-refractivity contribution in [1.82, 2.24) is 10.1 Å². The second kappa shape index (κ2) is 3.07. The summed E-state index contributed by atoms with van der Waals surface area (Å²) in [6.07, 6.45) is 4.62. The van der Waals surface area contributed by atoms with E-state index in [0.717, 1.165) is 5.56 Å². The third kappa shape index (κ3) is 1.27. The molecule has 2 aromatic heterocycles. The van der Waals surface area contributed by atoms with Crippen LogP contribution in [0.4, 0.5) is 0 Å². The molecule has 0 aliphatic carbocycles. The van der Waals surface area contributed by atoms with E-state index in [9.17, 15) is 0 Å². The van der Waals surface area contributed by atoms with E-state index in [2.05, 4.69) is 10.1 Å². The molecule has 4 nitrogen and oxygen atoms in total. The van der Waals surface area contributed by atoms with Crippen LogP contribution in [-0.4, -0.2) is 10.1 Å². The highest BCUT2D eigenvalue weighted by atomic mass is 16.5. The quantitative estimate of drug-likeness (QED) is 0.653. The number of hydrogen-bond donors (Lipinski definition) is 0. The second-order valence-electron chi connectivity index (χ2n) is 2.43. The fourth-order valence-electron chi connectivity index (χ4n) is 1.03. The van der Waals surface area contributed by atoms with Gasteiger partial charge in [-0.3, -0.25) is 4.98 Å². The molecule has 13 heavy (non-hydrogen) atoms. The van der Waals surface area contributed by atoms with E-state index in [-0.39, 0.29) is 0 Å². The molecule has 0 atom stereocenters. The molecule has 0 aromatic carbocycles. The molecule has 0 unspecified atom stereocenters. The number of nitrogens with zero attached hydrogens (tertiary/aromatic N) is 3. The van der Waals surface area contributed by atoms with Crippen molar-refractivity contribution < 1.29 is 4.52 Å². The van der Waals surface area contributed by atoms with E-state index >= 15 is 0 Å². The van der Waals surface area contributed by atoms with Crippen molar-refractivity contribution in [1.29, 1.82) is 5.26 Å². The molecule has 0 aliphatic heterocycles. The van der Waals surface area contributed by atoms with Crippen molar-refractivity contribution >= 4 is 0 Å². The molecule has 0 N–H and O–H groups in total. The molecule has 4 heteroatoms. The largest absolute Gasteiger partial charge is 0.363 e. The van der Waals surface area contributed by atoms with E-state index in [1.807, 2.05) is 12.1 Å². The van der Waals surface area contributed by atoms with Crippen LogP contribution in [0, 0.1) is 11.3 Å². The van der Waals surface area contributed by atoms with Gasteiger partial charge >= 0.3 is 0 Å². The molecule has 0 radical (unpaired) electrons. The van der Waals surface area contributed by atoms with Crippen LogP contribution in [0.5, 0.6) is 0 Å². The normalized spacial score (nSPS) is 9.46. The average molecular weight is 171 g/mol. The highest BCUT2D eigenvalue weighted by Crippen LogP contribution is 2.19. The molecule has 0 aliphatic rings. The van der Waals surface area contributed by atoms with Crippen LogP contribution in [0.3, 0.4) is 0 Å². The lowest BCUT2D eigenvalue weighted by Crippen LogP contribution is -1.81. The van der Waals surface area contributed by atoms with Crippen molar-refractivity contribution in [3.63, 3.8) is 0 Å². The van der Waals surface area contributed by atoms with Crippen LogP contribution in [0.25, 0.3) is 11.3 Å². The van der Waals surface area contributed by atoms with Gasteiger partial charge < -0.3 is 4.52 Å². The maximum atomic E-state index is 8.70. The number of pyridine rings is 1. The molecule has 0 spiro atoms. The summed E-state index contributed by atoms with van der Waals surface area (Å²) < 4.78 is 4.69. The maximum Gasteiger partial charge on any atom is 0.142 e. The molecule has 2 rings (SSSR count). The highest BCUT2D eigenvalue weighted by molar-refractivity contribution is 5.64. The van der Waals surface area contributed by atoms with E-state index in [4.69, 9.17) is 9.78 Å². The Kier molecular flexibility index (Phi) is 1.77. The van der Waals surface area contributed by atoms with Gasteiger partial charge in [-0.05, 0) is 12.1 Å². The molecule has 0 bridgehead atoms. The van der Waals surface area contributed by atoms with Gasteiger partial charge in [-0.25, -0.2) is 0 Å². The fourth-order valence-corrected chi connectivity index (χ4v) is 1.03. The van der Waals surface area contributed by atoms with Crippen molar-refractivity contribution in [2.24, 2.45) is 0 Å². The maximum absolute atomic E-state index is 8.70. The van der Waals surface area contributed by atoms with Gasteiger partial charge in [0.1, 0.15) is 23.6 Å². The van der Waals surface area contributed by atoms with E-state index in [1.165, 1.54) is 6.26 Å². The summed E-state index contributed by atoms with van der Waals surface area (Å²) in [6.45, 7) is 0. The Morgan fingerprint density at radius 3 is 3.08 bits per heavy atom. The standard InChI is InChI=1S/C9H5N3O/c10-4-8-6-13-12-9(8)7-2-1-3-11-5-7/h1-3,5-6H. The summed E-state index contributed by atoms with van der Waals surface area (Å²) in [4.78, 5) is 3.92. The highest BCUT2D eigenvalue weighted by Gasteiger charge is 2.08. The lowest BCUT2D eigenvalue weighted by atomic mass is 10.1. The zero-order chi connectivity index (χ0) is 9.10. The monoisotopic (exact) mass is 171 g/mol. The van der Waals surface area contributed by atoms with Crippen molar-refractivity contribution in [3.8, 4) is 17.3 Å². The minimum atomic E-state index is 0.424. The number of hydrogen-bond acceptors (Lipinski definition) is 4. The lowest BCUT2D eigenvalue weighted by Gasteiger charge is -1.92. The Labute approximate surface area is 74.4 Å². The van der Waals surface area contributed by atoms with Crippen LogP contribution in [0.15, 0.2) is 35.3 Å². The van der Waals surface area contributed by atoms with Gasteiger partial charge in [-0.2, -0.15) is 5.26 Å². The number of nitriles is 1. The summed E-state index contributed by atoms with van der Waals surface area (Å²) >= 11 is 0. The number of rotatable bonds is 1. The van der Waals surface area contributed by atoms with Crippen LogP contribution in [-0.2, 0) is 0 Å². The summed E-state index contributed by atoms with van der Waals surface area (Å²) in [6, 6.07) is 5.60. The molecule has 0 amide bonds. The first-order valence-corrected chi connectivity index (χ1v) is 3.66. The minimum Gasteiger partial charge on any atom is -0.363 e. The third-order valence-corrected chi connectivity index (χ3v) is 1.63. The summed E-state index contributed by atoms with van der Waals surface area (Å²) in [5.41, 5.74) is 1.75. The molecule has 0 fully saturated rings. The topological polar surface area (TPSA) is 62.7 Å². The van der Waals surface area contributed by atoms with Crippen molar-refractivity contribution in [3.05, 3.63) is 36.4 Å². The first-order chi connectivity index (χ1) is 6.42. The third-order valence-electron chi connectivity index (χ3n) is 1.63. The predicted molar refractivity (Wildman–Crippen MR) is 44.4 cm³/mol. The first kappa shape index (κ1) is 7.50. The molecular weight excluding hydrogens is 166 g/mol. The van der Waals surface area contributed by atoms with E-state index in [1.54, 1.807) is 18.5 Å². The molecule has 2 aromatic rings. The molecular formula is C9H5N3O. The Bertz CT molecular complexity index is 441. The van der Waals surface area contributed by atoms with Gasteiger partial charge in [0.25, 0.3) is 0 Å². The van der Waals surface area contributed by atoms with Crippen LogP contribution < -0.4 is 0 Å². The van der Waals surface area contributed by atoms with Gasteiger partial charge in [0.2, 0.25) is 0 Å². The van der Waals surface area contributed by atoms with Crippen molar-refractivity contribution in [2.75, 3.05) is 0 Å². The van der Waals surface area contributed by atoms with E-state index in [0.29, 0.717) is 11.3 Å². The average Bonchev–Trinajstić information content (AvgIpc) is 2.67. The first-order valence-electron chi connectivity index (χ1n) is 3.66. The zero-order valence-corrected chi connectivity index (χ0v) is 6.64. The Hall–Kier alpha value is -2.15. The van der Waals surface area contributed by atoms with Crippen LogP contribution in [0.1, 0.15) is 5.56 Å². The van der Waals surface area contributed by atoms with Gasteiger partial charge in [0.05, 0.1) is 0 Å². The molecule has 0 saturated carbocycles. The predicted octanol–water partition coefficient (Wildman–Crippen LogP) is 1.61. The van der Waals surface area contributed by atoms with Crippen LogP contribution >= 0.6 is 0 Å². The van der Waals surface area contributed by atoms with Crippen LogP contribution in [0.2, 0.25) is 0 Å². The van der Waals surface area contributed by atoms with Gasteiger partial charge in [-0.1, -0.05) is 5.16 Å². The summed E-state index contributed by atoms with van der Waals surface area (Å²) in [7, 11) is 0. The fraction of sp³-hybridized carbons (Fsp3) is 0. The van der Waals surface area contributed by atoms with Gasteiger partial charge in [0.15, 0.2) is 0 Å². The lowest BCUT2D eigenvalue weighted by molar-refractivity contribution is 0.422. The molecule has 62 valence electrons. The Balaban J connectivity index is 2.54. The van der Waals surface area contributed by atoms with Crippen molar-refractivity contribution in [2.45, 2.75) is 0 Å². The van der Waals surface area contributed by atoms with E-state index < -0.39 is 0 Å². The molecule has 2 heterocycles. The summed E-state index contributed by atoms with van der Waals surface area (Å²) in [5, 5.41) is 12.4. The zero-order valence-electron chi connectivity index (χ0n) is 6.64. The molecule has 0 saturated heterocycles. The Morgan fingerprint density at radius 2 is 2.38 bits per heavy atom. The minimum absolute atomic E-state index is 0.424. The second-order valence-corrected chi connectivity index (χ2v) is 2.43. The van der Waals surface area contributed by atoms with Gasteiger partial charge in [0, 0.05) is 18.0 Å². The smallest absolute Gasteiger partial charge is 0.142 e. The SMILES string of the molecule is N#Cc1conc1-c1cccnc1. The summed E-state index contributed by atoms with van der Waals surface area (Å²) in [5.74, 6) is 0. The Morgan fingerprint density at radius 1 is 1.46 bits per heavy atom.